The highest BCUT2D eigenvalue weighted by Gasteiger charge is 2.16. The van der Waals surface area contributed by atoms with E-state index in [1.165, 1.54) is 0 Å². The van der Waals surface area contributed by atoms with Gasteiger partial charge in [0.2, 0.25) is 0 Å². The van der Waals surface area contributed by atoms with Gasteiger partial charge in [-0.3, -0.25) is 4.79 Å². The zero-order chi connectivity index (χ0) is 16.8. The van der Waals surface area contributed by atoms with Crippen molar-refractivity contribution < 1.29 is 14.3 Å². The van der Waals surface area contributed by atoms with Gasteiger partial charge in [0.15, 0.2) is 11.5 Å². The van der Waals surface area contributed by atoms with E-state index < -0.39 is 0 Å². The van der Waals surface area contributed by atoms with Crippen LogP contribution in [0.3, 0.4) is 0 Å². The summed E-state index contributed by atoms with van der Waals surface area (Å²) >= 11 is 6.73. The maximum absolute atomic E-state index is 12.4. The summed E-state index contributed by atoms with van der Waals surface area (Å²) in [5.74, 6) is 1.29. The quantitative estimate of drug-likeness (QED) is 0.705. The SMILES string of the molecule is CCCOc1c(Br)cc(C(=O)Nc2ccc(Br)cn2)cc1OC. The molecule has 0 saturated carbocycles. The van der Waals surface area contributed by atoms with E-state index in [0.717, 1.165) is 10.9 Å². The summed E-state index contributed by atoms with van der Waals surface area (Å²) in [5.41, 5.74) is 0.447. The molecule has 1 aromatic carbocycles. The molecule has 7 heteroatoms. The Kier molecular flexibility index (Phi) is 6.41. The fourth-order valence-corrected chi connectivity index (χ4v) is 2.62. The lowest BCUT2D eigenvalue weighted by Crippen LogP contribution is -2.13. The first-order valence-electron chi connectivity index (χ1n) is 6.98. The number of aromatic nitrogens is 1. The number of carbonyl (C=O) groups is 1. The van der Waals surface area contributed by atoms with Crippen molar-refractivity contribution in [1.82, 2.24) is 4.98 Å². The van der Waals surface area contributed by atoms with Crippen LogP contribution >= 0.6 is 31.9 Å². The fourth-order valence-electron chi connectivity index (χ4n) is 1.83. The number of anilines is 1. The van der Waals surface area contributed by atoms with E-state index in [0.29, 0.717) is 34.0 Å². The van der Waals surface area contributed by atoms with Crippen molar-refractivity contribution in [2.24, 2.45) is 0 Å². The Morgan fingerprint density at radius 1 is 1.30 bits per heavy atom. The van der Waals surface area contributed by atoms with E-state index in [9.17, 15) is 4.79 Å². The number of pyridine rings is 1. The molecule has 1 heterocycles. The number of rotatable bonds is 6. The number of halogens is 2. The summed E-state index contributed by atoms with van der Waals surface area (Å²) in [6.07, 6.45) is 2.50. The minimum absolute atomic E-state index is 0.277. The topological polar surface area (TPSA) is 60.5 Å². The second-order valence-corrected chi connectivity index (χ2v) is 6.42. The highest BCUT2D eigenvalue weighted by atomic mass is 79.9. The lowest BCUT2D eigenvalue weighted by atomic mass is 10.2. The Labute approximate surface area is 151 Å². The molecule has 0 aliphatic heterocycles. The molecule has 2 aromatic rings. The van der Waals surface area contributed by atoms with Gasteiger partial charge in [-0.05, 0) is 62.5 Å². The third kappa shape index (κ3) is 4.68. The molecule has 122 valence electrons. The molecule has 23 heavy (non-hydrogen) atoms. The maximum Gasteiger partial charge on any atom is 0.256 e. The van der Waals surface area contributed by atoms with Crippen LogP contribution in [0.25, 0.3) is 0 Å². The van der Waals surface area contributed by atoms with Crippen LogP contribution in [0.4, 0.5) is 5.82 Å². The molecule has 0 spiro atoms. The number of methoxy groups -OCH3 is 1. The predicted molar refractivity (Wildman–Crippen MR) is 96.4 cm³/mol. The molecule has 0 fully saturated rings. The molecular formula is C16H16Br2N2O3. The smallest absolute Gasteiger partial charge is 0.256 e. The summed E-state index contributed by atoms with van der Waals surface area (Å²) < 4.78 is 12.5. The number of nitrogens with zero attached hydrogens (tertiary/aromatic N) is 1. The summed E-state index contributed by atoms with van der Waals surface area (Å²) in [5, 5.41) is 2.74. The summed E-state index contributed by atoms with van der Waals surface area (Å²) in [6.45, 7) is 2.59. The van der Waals surface area contributed by atoms with Crippen molar-refractivity contribution in [3.8, 4) is 11.5 Å². The van der Waals surface area contributed by atoms with Gasteiger partial charge in [-0.2, -0.15) is 0 Å². The lowest BCUT2D eigenvalue weighted by molar-refractivity contribution is 0.102. The number of amides is 1. The monoisotopic (exact) mass is 442 g/mol. The van der Waals surface area contributed by atoms with Gasteiger partial charge in [-0.1, -0.05) is 6.92 Å². The number of ether oxygens (including phenoxy) is 2. The Balaban J connectivity index is 2.23. The van der Waals surface area contributed by atoms with Gasteiger partial charge in [0.1, 0.15) is 5.82 Å². The minimum Gasteiger partial charge on any atom is -0.493 e. The maximum atomic E-state index is 12.4. The summed E-state index contributed by atoms with van der Waals surface area (Å²) in [7, 11) is 1.54. The van der Waals surface area contributed by atoms with E-state index >= 15 is 0 Å². The number of nitrogens with one attached hydrogen (secondary N) is 1. The molecular weight excluding hydrogens is 428 g/mol. The van der Waals surface area contributed by atoms with E-state index in [1.54, 1.807) is 37.6 Å². The highest BCUT2D eigenvalue weighted by molar-refractivity contribution is 9.10. The van der Waals surface area contributed by atoms with Crippen molar-refractivity contribution in [2.45, 2.75) is 13.3 Å². The predicted octanol–water partition coefficient (Wildman–Crippen LogP) is 4.66. The fraction of sp³-hybridized carbons (Fsp3) is 0.250. The van der Waals surface area contributed by atoms with Crippen LogP contribution in [0, 0.1) is 0 Å². The molecule has 0 atom stereocenters. The molecule has 1 aromatic heterocycles. The normalized spacial score (nSPS) is 10.3. The van der Waals surface area contributed by atoms with Crippen LogP contribution < -0.4 is 14.8 Å². The first-order chi connectivity index (χ1) is 11.0. The minimum atomic E-state index is -0.277. The highest BCUT2D eigenvalue weighted by Crippen LogP contribution is 2.37. The van der Waals surface area contributed by atoms with Crippen molar-refractivity contribution >= 4 is 43.6 Å². The van der Waals surface area contributed by atoms with Crippen molar-refractivity contribution in [2.75, 3.05) is 19.0 Å². The van der Waals surface area contributed by atoms with Crippen LogP contribution in [-0.2, 0) is 0 Å². The largest absolute Gasteiger partial charge is 0.493 e. The van der Waals surface area contributed by atoms with Gasteiger partial charge in [0.25, 0.3) is 5.91 Å². The van der Waals surface area contributed by atoms with Crippen LogP contribution in [0.15, 0.2) is 39.4 Å². The lowest BCUT2D eigenvalue weighted by Gasteiger charge is -2.14. The Hall–Kier alpha value is -1.60. The average Bonchev–Trinajstić information content (AvgIpc) is 2.55. The molecule has 0 aliphatic rings. The average molecular weight is 444 g/mol. The third-order valence-electron chi connectivity index (χ3n) is 2.91. The summed E-state index contributed by atoms with van der Waals surface area (Å²) in [4.78, 5) is 16.5. The molecule has 0 bridgehead atoms. The molecule has 0 saturated heterocycles. The van der Waals surface area contributed by atoms with Crippen LogP contribution in [0.5, 0.6) is 11.5 Å². The zero-order valence-electron chi connectivity index (χ0n) is 12.7. The Bertz CT molecular complexity index is 690. The first kappa shape index (κ1) is 17.7. The molecule has 0 radical (unpaired) electrons. The van der Waals surface area contributed by atoms with Gasteiger partial charge in [0.05, 0.1) is 18.2 Å². The molecule has 5 nitrogen and oxygen atoms in total. The second kappa shape index (κ2) is 8.31. The van der Waals surface area contributed by atoms with Crippen LogP contribution in [-0.4, -0.2) is 24.6 Å². The number of benzene rings is 1. The van der Waals surface area contributed by atoms with Gasteiger partial charge in [-0.25, -0.2) is 4.98 Å². The van der Waals surface area contributed by atoms with Crippen molar-refractivity contribution in [3.05, 3.63) is 45.0 Å². The zero-order valence-corrected chi connectivity index (χ0v) is 15.9. The van der Waals surface area contributed by atoms with E-state index in [4.69, 9.17) is 9.47 Å². The van der Waals surface area contributed by atoms with Gasteiger partial charge in [0, 0.05) is 16.2 Å². The molecule has 0 unspecified atom stereocenters. The van der Waals surface area contributed by atoms with Gasteiger partial charge in [-0.15, -0.1) is 0 Å². The van der Waals surface area contributed by atoms with Crippen LogP contribution in [0.2, 0.25) is 0 Å². The second-order valence-electron chi connectivity index (χ2n) is 4.65. The third-order valence-corrected chi connectivity index (χ3v) is 3.97. The number of hydrogen-bond acceptors (Lipinski definition) is 4. The number of carbonyl (C=O) groups excluding carboxylic acids is 1. The van der Waals surface area contributed by atoms with E-state index in [-0.39, 0.29) is 5.91 Å². The standard InChI is InChI=1S/C16H16Br2N2O3/c1-3-6-23-15-12(18)7-10(8-13(15)22-2)16(21)20-14-5-4-11(17)9-19-14/h4-5,7-9H,3,6H2,1-2H3,(H,19,20,21). The van der Waals surface area contributed by atoms with Gasteiger partial charge >= 0.3 is 0 Å². The van der Waals surface area contributed by atoms with Crippen molar-refractivity contribution in [1.29, 1.82) is 0 Å². The Morgan fingerprint density at radius 3 is 2.70 bits per heavy atom. The molecule has 1 N–H and O–H groups in total. The van der Waals surface area contributed by atoms with Crippen molar-refractivity contribution in [3.63, 3.8) is 0 Å². The van der Waals surface area contributed by atoms with Gasteiger partial charge < -0.3 is 14.8 Å². The number of hydrogen-bond donors (Lipinski definition) is 1. The van der Waals surface area contributed by atoms with Crippen LogP contribution in [0.1, 0.15) is 23.7 Å². The first-order valence-corrected chi connectivity index (χ1v) is 8.57. The van der Waals surface area contributed by atoms with E-state index in [1.807, 2.05) is 6.92 Å². The molecule has 1 amide bonds. The molecule has 2 rings (SSSR count). The van der Waals surface area contributed by atoms with E-state index in [2.05, 4.69) is 42.2 Å². The Morgan fingerprint density at radius 2 is 2.09 bits per heavy atom. The molecule has 0 aliphatic carbocycles. The summed E-state index contributed by atoms with van der Waals surface area (Å²) in [6, 6.07) is 6.86.